The molecule has 0 fully saturated rings. The van der Waals surface area contributed by atoms with Crippen LogP contribution in [-0.2, 0) is 19.3 Å². The van der Waals surface area contributed by atoms with Crippen LogP contribution >= 0.6 is 11.6 Å². The second-order valence-electron chi connectivity index (χ2n) is 6.00. The summed E-state index contributed by atoms with van der Waals surface area (Å²) in [7, 11) is 1.58. The molecule has 2 aromatic carbocycles. The predicted molar refractivity (Wildman–Crippen MR) is 103 cm³/mol. The number of aliphatic imine (C=N–C) groups is 1. The first kappa shape index (κ1) is 20.7. The van der Waals surface area contributed by atoms with E-state index in [9.17, 15) is 13.2 Å². The van der Waals surface area contributed by atoms with Crippen molar-refractivity contribution in [2.75, 3.05) is 7.05 Å². The number of hydrogen-bond acceptors (Lipinski definition) is 4. The largest absolute Gasteiger partial charge is 0.416 e. The van der Waals surface area contributed by atoms with E-state index in [1.807, 2.05) is 6.07 Å². The average Bonchev–Trinajstić information content (AvgIpc) is 3.17. The number of nitrogens with zero attached hydrogens (tertiary/aromatic N) is 3. The maximum absolute atomic E-state index is 12.6. The number of aromatic nitrogens is 2. The summed E-state index contributed by atoms with van der Waals surface area (Å²) in [6.07, 6.45) is -4.35. The molecule has 3 rings (SSSR count). The van der Waals surface area contributed by atoms with Crippen LogP contribution in [-0.4, -0.2) is 23.1 Å². The van der Waals surface area contributed by atoms with Crippen molar-refractivity contribution in [1.29, 1.82) is 0 Å². The fourth-order valence-corrected chi connectivity index (χ4v) is 2.64. The summed E-state index contributed by atoms with van der Waals surface area (Å²) in [5.74, 6) is 1.20. The Bertz CT molecular complexity index is 986. The number of benzene rings is 2. The van der Waals surface area contributed by atoms with Crippen LogP contribution in [0.1, 0.15) is 17.0 Å². The zero-order valence-electron chi connectivity index (χ0n) is 15.3. The van der Waals surface area contributed by atoms with Crippen molar-refractivity contribution in [3.05, 3.63) is 70.6 Å². The molecule has 0 amide bonds. The standard InChI is InChI=1S/C19H17ClF3N5O/c1-24-18(25-10-12-5-7-14(8-6-12)19(21,22)23)26-11-16-27-17(28-29-16)13-3-2-4-15(20)9-13/h2-9H,10-11H2,1H3,(H2,24,25,26). The van der Waals surface area contributed by atoms with Gasteiger partial charge in [-0.1, -0.05) is 41.0 Å². The van der Waals surface area contributed by atoms with Crippen molar-refractivity contribution in [3.63, 3.8) is 0 Å². The molecule has 0 unspecified atom stereocenters. The summed E-state index contributed by atoms with van der Waals surface area (Å²) < 4.78 is 43.0. The van der Waals surface area contributed by atoms with Gasteiger partial charge in [-0.3, -0.25) is 4.99 Å². The van der Waals surface area contributed by atoms with Gasteiger partial charge in [-0.2, -0.15) is 18.2 Å². The van der Waals surface area contributed by atoms with Crippen molar-refractivity contribution in [1.82, 2.24) is 20.8 Å². The molecule has 0 aliphatic heterocycles. The fraction of sp³-hybridized carbons (Fsp3) is 0.211. The highest BCUT2D eigenvalue weighted by Crippen LogP contribution is 2.29. The highest BCUT2D eigenvalue weighted by Gasteiger charge is 2.29. The SMILES string of the molecule is CN=C(NCc1ccc(C(F)(F)F)cc1)NCc1nc(-c2cccc(Cl)c2)no1. The van der Waals surface area contributed by atoms with Gasteiger partial charge in [0.15, 0.2) is 5.96 Å². The van der Waals surface area contributed by atoms with Gasteiger partial charge in [-0.25, -0.2) is 0 Å². The molecule has 0 saturated carbocycles. The number of hydrogen-bond donors (Lipinski definition) is 2. The van der Waals surface area contributed by atoms with Crippen LogP contribution in [0, 0.1) is 0 Å². The molecule has 0 aliphatic carbocycles. The van der Waals surface area contributed by atoms with Crippen LogP contribution in [0.15, 0.2) is 58.0 Å². The molecule has 6 nitrogen and oxygen atoms in total. The van der Waals surface area contributed by atoms with Gasteiger partial charge in [-0.15, -0.1) is 0 Å². The Morgan fingerprint density at radius 2 is 1.83 bits per heavy atom. The van der Waals surface area contributed by atoms with E-state index in [4.69, 9.17) is 16.1 Å². The van der Waals surface area contributed by atoms with Crippen LogP contribution in [0.3, 0.4) is 0 Å². The first-order chi connectivity index (χ1) is 13.8. The minimum absolute atomic E-state index is 0.222. The molecule has 0 saturated heterocycles. The lowest BCUT2D eigenvalue weighted by molar-refractivity contribution is -0.137. The first-order valence-electron chi connectivity index (χ1n) is 8.54. The number of guanidine groups is 1. The van der Waals surface area contributed by atoms with E-state index >= 15 is 0 Å². The summed E-state index contributed by atoms with van der Waals surface area (Å²) >= 11 is 5.96. The van der Waals surface area contributed by atoms with E-state index in [1.165, 1.54) is 12.1 Å². The first-order valence-corrected chi connectivity index (χ1v) is 8.92. The van der Waals surface area contributed by atoms with Gasteiger partial charge in [0.05, 0.1) is 12.1 Å². The van der Waals surface area contributed by atoms with E-state index < -0.39 is 11.7 Å². The molecule has 0 aliphatic rings. The summed E-state index contributed by atoms with van der Waals surface area (Å²) in [6, 6.07) is 12.0. The Kier molecular flexibility index (Phi) is 6.38. The Labute approximate surface area is 169 Å². The summed E-state index contributed by atoms with van der Waals surface area (Å²) in [5.41, 5.74) is 0.731. The minimum atomic E-state index is -4.35. The van der Waals surface area contributed by atoms with Gasteiger partial charge < -0.3 is 15.2 Å². The Morgan fingerprint density at radius 3 is 2.48 bits per heavy atom. The second kappa shape index (κ2) is 8.95. The molecule has 10 heteroatoms. The van der Waals surface area contributed by atoms with Gasteiger partial charge in [0.2, 0.25) is 11.7 Å². The number of rotatable bonds is 5. The molecule has 0 spiro atoms. The summed E-state index contributed by atoms with van der Waals surface area (Å²) in [6.45, 7) is 0.523. The Balaban J connectivity index is 1.53. The van der Waals surface area contributed by atoms with Crippen molar-refractivity contribution in [2.45, 2.75) is 19.3 Å². The molecule has 29 heavy (non-hydrogen) atoms. The quantitative estimate of drug-likeness (QED) is 0.473. The molecular formula is C19H17ClF3N5O. The zero-order valence-corrected chi connectivity index (χ0v) is 16.1. The second-order valence-corrected chi connectivity index (χ2v) is 6.43. The third-order valence-corrected chi connectivity index (χ3v) is 4.16. The lowest BCUT2D eigenvalue weighted by atomic mass is 10.1. The summed E-state index contributed by atoms with van der Waals surface area (Å²) in [4.78, 5) is 8.35. The van der Waals surface area contributed by atoms with E-state index in [0.717, 1.165) is 17.7 Å². The van der Waals surface area contributed by atoms with Gasteiger partial charge in [-0.05, 0) is 29.8 Å². The number of nitrogens with one attached hydrogen (secondary N) is 2. The number of halogens is 4. The van der Waals surface area contributed by atoms with Crippen molar-refractivity contribution in [3.8, 4) is 11.4 Å². The maximum atomic E-state index is 12.6. The highest BCUT2D eigenvalue weighted by molar-refractivity contribution is 6.30. The van der Waals surface area contributed by atoms with Gasteiger partial charge >= 0.3 is 6.18 Å². The van der Waals surface area contributed by atoms with Crippen LogP contribution in [0.5, 0.6) is 0 Å². The molecule has 2 N–H and O–H groups in total. The lowest BCUT2D eigenvalue weighted by Crippen LogP contribution is -2.36. The predicted octanol–water partition coefficient (Wildman–Crippen LogP) is 4.27. The van der Waals surface area contributed by atoms with Crippen molar-refractivity contribution >= 4 is 17.6 Å². The zero-order chi connectivity index (χ0) is 20.9. The fourth-order valence-electron chi connectivity index (χ4n) is 2.45. The van der Waals surface area contributed by atoms with E-state index in [-0.39, 0.29) is 6.54 Å². The molecule has 1 aromatic heterocycles. The van der Waals surface area contributed by atoms with Crippen LogP contribution in [0.25, 0.3) is 11.4 Å². The third kappa shape index (κ3) is 5.71. The van der Waals surface area contributed by atoms with Crippen molar-refractivity contribution < 1.29 is 17.7 Å². The monoisotopic (exact) mass is 423 g/mol. The minimum Gasteiger partial charge on any atom is -0.352 e. The molecule has 0 atom stereocenters. The van der Waals surface area contributed by atoms with E-state index in [1.54, 1.807) is 25.2 Å². The Morgan fingerprint density at radius 1 is 1.10 bits per heavy atom. The molecule has 1 heterocycles. The third-order valence-electron chi connectivity index (χ3n) is 3.92. The molecular weight excluding hydrogens is 407 g/mol. The molecule has 0 radical (unpaired) electrons. The van der Waals surface area contributed by atoms with Crippen LogP contribution in [0.4, 0.5) is 13.2 Å². The van der Waals surface area contributed by atoms with E-state index in [0.29, 0.717) is 34.8 Å². The molecule has 0 bridgehead atoms. The number of alkyl halides is 3. The maximum Gasteiger partial charge on any atom is 0.416 e. The van der Waals surface area contributed by atoms with Crippen molar-refractivity contribution in [2.24, 2.45) is 4.99 Å². The summed E-state index contributed by atoms with van der Waals surface area (Å²) in [5, 5.41) is 10.5. The highest BCUT2D eigenvalue weighted by atomic mass is 35.5. The Hall–Kier alpha value is -3.07. The lowest BCUT2D eigenvalue weighted by Gasteiger charge is -2.11. The smallest absolute Gasteiger partial charge is 0.352 e. The normalized spacial score (nSPS) is 12.1. The molecule has 3 aromatic rings. The van der Waals surface area contributed by atoms with Gasteiger partial charge in [0.1, 0.15) is 0 Å². The van der Waals surface area contributed by atoms with Gasteiger partial charge in [0, 0.05) is 24.2 Å². The van der Waals surface area contributed by atoms with Gasteiger partial charge in [0.25, 0.3) is 0 Å². The molecule has 152 valence electrons. The average molecular weight is 424 g/mol. The topological polar surface area (TPSA) is 75.3 Å². The van der Waals surface area contributed by atoms with E-state index in [2.05, 4.69) is 25.8 Å². The van der Waals surface area contributed by atoms with Crippen LogP contribution in [0.2, 0.25) is 5.02 Å². The van der Waals surface area contributed by atoms with Crippen LogP contribution < -0.4 is 10.6 Å².